The molecule has 1 aromatic heterocycles. The zero-order valence-corrected chi connectivity index (χ0v) is 30.1. The molecule has 3 aromatic rings. The van der Waals surface area contributed by atoms with Gasteiger partial charge < -0.3 is 15.0 Å². The summed E-state index contributed by atoms with van der Waals surface area (Å²) in [6.45, 7) is -2.59. The molecular formula is C38H49F2N5O4S. The molecule has 4 aliphatic rings. The van der Waals surface area contributed by atoms with Crippen LogP contribution in [-0.4, -0.2) is 58.9 Å². The summed E-state index contributed by atoms with van der Waals surface area (Å²) in [4.78, 5) is 31.9. The highest BCUT2D eigenvalue weighted by molar-refractivity contribution is 7.81. The first kappa shape index (κ1) is 36.3. The molecule has 3 atom stereocenters. The number of fused-ring (bicyclic) bond motifs is 7. The molecule has 9 nitrogen and oxygen atoms in total. The van der Waals surface area contributed by atoms with Crippen LogP contribution in [0.2, 0.25) is 0 Å². The maximum atomic E-state index is 14.1. The number of amides is 2. The highest BCUT2D eigenvalue weighted by Gasteiger charge is 2.62. The van der Waals surface area contributed by atoms with Gasteiger partial charge in [0.2, 0.25) is 0 Å². The van der Waals surface area contributed by atoms with Gasteiger partial charge >= 0.3 is 6.61 Å². The Balaban J connectivity index is 0.00000212. The van der Waals surface area contributed by atoms with Crippen molar-refractivity contribution in [1.29, 1.82) is 0 Å². The molecule has 0 saturated heterocycles. The number of carbonyl (C=O) groups excluding carboxylic acids is 2. The number of nitrogens with zero attached hydrogens (tertiary/aromatic N) is 3. The normalized spacial score (nSPS) is 22.2. The Labute approximate surface area is 295 Å². The summed E-state index contributed by atoms with van der Waals surface area (Å²) < 4.78 is 50.2. The van der Waals surface area contributed by atoms with Gasteiger partial charge in [-0.25, -0.2) is 13.5 Å². The fraction of sp³-hybridized carbons (Fsp3) is 0.553. The third kappa shape index (κ3) is 7.16. The van der Waals surface area contributed by atoms with Crippen molar-refractivity contribution < 1.29 is 27.3 Å². The van der Waals surface area contributed by atoms with Gasteiger partial charge in [0.05, 0.1) is 11.1 Å². The standard InChI is InChI=1S/C37H44F2N4O4S.CH5N/c1-42(2)48(46)41-34(44)25-14-16-28-31(19-25)43-22-37(35(45)40-18-7-6-9-23-10-8-11-23)21-30(37)29-20-26(47-36(38)39)15-17-27(29)33(43)32(28)24-12-4-3-5-13-24;1-2/h14-20,23-24,30,36H,3-13,21-22H2,1-2H3,(H,41,44);2H2,1H3. The predicted molar refractivity (Wildman–Crippen MR) is 194 cm³/mol. The summed E-state index contributed by atoms with van der Waals surface area (Å²) in [6.07, 6.45) is 14.6. The van der Waals surface area contributed by atoms with Crippen LogP contribution >= 0.6 is 0 Å². The first-order chi connectivity index (χ1) is 24.2. The van der Waals surface area contributed by atoms with E-state index in [1.54, 1.807) is 38.5 Å². The second-order valence-corrected chi connectivity index (χ2v) is 15.7. The summed E-state index contributed by atoms with van der Waals surface area (Å²) in [7, 11) is 4.75. The SMILES string of the molecule is CN.CN(C)S(=O)NC(=O)c1ccc2c(C3CCCCC3)c3n(c2c1)CC1(C(=O)N=CCCCC2CCC2)CC1c1cc(OC(F)F)ccc1-3. The molecule has 3 N–H and O–H groups in total. The van der Waals surface area contributed by atoms with Gasteiger partial charge in [-0.2, -0.15) is 8.78 Å². The number of aromatic nitrogens is 1. The minimum absolute atomic E-state index is 0.0770. The van der Waals surface area contributed by atoms with Crippen LogP contribution in [-0.2, 0) is 22.5 Å². The number of rotatable bonds is 11. The van der Waals surface area contributed by atoms with Gasteiger partial charge in [-0.15, -0.1) is 0 Å². The maximum Gasteiger partial charge on any atom is 0.387 e. The highest BCUT2D eigenvalue weighted by Crippen LogP contribution is 2.66. The summed E-state index contributed by atoms with van der Waals surface area (Å²) in [5.74, 6) is 0.314. The lowest BCUT2D eigenvalue weighted by Gasteiger charge is -2.24. The number of halogens is 2. The van der Waals surface area contributed by atoms with Crippen molar-refractivity contribution in [3.8, 4) is 17.0 Å². The van der Waals surface area contributed by atoms with Gasteiger partial charge in [0.25, 0.3) is 11.8 Å². The average molecular weight is 710 g/mol. The van der Waals surface area contributed by atoms with Crippen molar-refractivity contribution in [3.63, 3.8) is 0 Å². The second kappa shape index (κ2) is 15.4. The van der Waals surface area contributed by atoms with Crippen LogP contribution in [0, 0.1) is 11.3 Å². The maximum absolute atomic E-state index is 14.1. The van der Waals surface area contributed by atoms with E-state index < -0.39 is 29.1 Å². The Hall–Kier alpha value is -3.48. The van der Waals surface area contributed by atoms with Crippen LogP contribution in [0.3, 0.4) is 0 Å². The van der Waals surface area contributed by atoms with Crippen LogP contribution in [0.5, 0.6) is 5.75 Å². The molecule has 3 fully saturated rings. The van der Waals surface area contributed by atoms with E-state index in [9.17, 15) is 22.6 Å². The number of alkyl halides is 2. The van der Waals surface area contributed by atoms with E-state index in [0.29, 0.717) is 18.5 Å². The molecule has 270 valence electrons. The fourth-order valence-corrected chi connectivity index (χ4v) is 8.72. The van der Waals surface area contributed by atoms with Crippen LogP contribution in [0.1, 0.15) is 110 Å². The van der Waals surface area contributed by atoms with E-state index in [1.165, 1.54) is 42.6 Å². The number of carbonyl (C=O) groups is 2. The second-order valence-electron chi connectivity index (χ2n) is 14.3. The highest BCUT2D eigenvalue weighted by atomic mass is 32.2. The van der Waals surface area contributed by atoms with Crippen molar-refractivity contribution in [2.24, 2.45) is 22.1 Å². The largest absolute Gasteiger partial charge is 0.435 e. The third-order valence-corrected chi connectivity index (χ3v) is 12.1. The van der Waals surface area contributed by atoms with Crippen LogP contribution in [0.15, 0.2) is 41.4 Å². The van der Waals surface area contributed by atoms with E-state index in [-0.39, 0.29) is 23.5 Å². The summed E-state index contributed by atoms with van der Waals surface area (Å²) >= 11 is -1.69. The topological polar surface area (TPSA) is 119 Å². The quantitative estimate of drug-likeness (QED) is 0.158. The number of hydrogen-bond acceptors (Lipinski definition) is 5. The number of benzene rings is 2. The van der Waals surface area contributed by atoms with Gasteiger partial charge in [-0.05, 0) is 92.4 Å². The van der Waals surface area contributed by atoms with Gasteiger partial charge in [-0.3, -0.25) is 14.3 Å². The molecule has 2 amide bonds. The molecule has 7 rings (SSSR count). The minimum atomic E-state index is -2.96. The molecule has 3 saturated carbocycles. The Morgan fingerprint density at radius 3 is 2.54 bits per heavy atom. The number of ether oxygens (including phenoxy) is 1. The zero-order valence-electron chi connectivity index (χ0n) is 29.3. The third-order valence-electron chi connectivity index (χ3n) is 11.1. The molecule has 2 aromatic carbocycles. The van der Waals surface area contributed by atoms with Crippen molar-refractivity contribution in [3.05, 3.63) is 53.1 Å². The first-order valence-corrected chi connectivity index (χ1v) is 19.1. The van der Waals surface area contributed by atoms with Crippen LogP contribution in [0.25, 0.3) is 22.2 Å². The molecule has 2 heterocycles. The lowest BCUT2D eigenvalue weighted by Crippen LogP contribution is -2.34. The van der Waals surface area contributed by atoms with Gasteiger partial charge in [0.15, 0.2) is 11.2 Å². The smallest absolute Gasteiger partial charge is 0.387 e. The van der Waals surface area contributed by atoms with Crippen molar-refractivity contribution in [2.45, 2.75) is 102 Å². The molecule has 0 spiro atoms. The van der Waals surface area contributed by atoms with Gasteiger partial charge in [0, 0.05) is 54.8 Å². The molecule has 3 unspecified atom stereocenters. The molecule has 0 bridgehead atoms. The Kier molecular flexibility index (Phi) is 11.2. The zero-order chi connectivity index (χ0) is 35.6. The molecule has 3 aliphatic carbocycles. The number of aliphatic imine (C=N–C) groups is 1. The number of unbranched alkanes of at least 4 members (excludes halogenated alkanes) is 1. The van der Waals surface area contributed by atoms with E-state index in [0.717, 1.165) is 78.6 Å². The summed E-state index contributed by atoms with van der Waals surface area (Å²) in [5, 5.41) is 1.02. The van der Waals surface area contributed by atoms with Crippen LogP contribution < -0.4 is 15.2 Å². The van der Waals surface area contributed by atoms with E-state index in [1.807, 2.05) is 18.2 Å². The monoisotopic (exact) mass is 709 g/mol. The fourth-order valence-electron chi connectivity index (χ4n) is 8.26. The van der Waals surface area contributed by atoms with E-state index in [2.05, 4.69) is 20.0 Å². The lowest BCUT2D eigenvalue weighted by molar-refractivity contribution is -0.123. The number of hydrogen-bond donors (Lipinski definition) is 2. The minimum Gasteiger partial charge on any atom is -0.435 e. The molecule has 1 aliphatic heterocycles. The molecule has 12 heteroatoms. The van der Waals surface area contributed by atoms with Gasteiger partial charge in [-0.1, -0.05) is 51.0 Å². The average Bonchev–Trinajstić information content (AvgIpc) is 3.76. The van der Waals surface area contributed by atoms with Crippen molar-refractivity contribution in [1.82, 2.24) is 13.6 Å². The van der Waals surface area contributed by atoms with Crippen molar-refractivity contribution in [2.75, 3.05) is 21.1 Å². The first-order valence-electron chi connectivity index (χ1n) is 18.0. The predicted octanol–water partition coefficient (Wildman–Crippen LogP) is 7.46. The molecule has 0 radical (unpaired) electrons. The number of nitrogens with two attached hydrogens (primary N) is 1. The Morgan fingerprint density at radius 2 is 1.86 bits per heavy atom. The summed E-state index contributed by atoms with van der Waals surface area (Å²) in [5.41, 5.74) is 8.77. The van der Waals surface area contributed by atoms with Crippen LogP contribution in [0.4, 0.5) is 8.78 Å². The number of nitrogens with one attached hydrogen (secondary N) is 1. The lowest BCUT2D eigenvalue weighted by atomic mass is 9.81. The Bertz CT molecular complexity index is 1780. The van der Waals surface area contributed by atoms with E-state index in [4.69, 9.17) is 4.74 Å². The van der Waals surface area contributed by atoms with Crippen molar-refractivity contribution >= 4 is 40.1 Å². The van der Waals surface area contributed by atoms with Gasteiger partial charge in [0.1, 0.15) is 5.75 Å². The summed E-state index contributed by atoms with van der Waals surface area (Å²) in [6, 6.07) is 10.7. The van der Waals surface area contributed by atoms with E-state index >= 15 is 0 Å². The molecule has 50 heavy (non-hydrogen) atoms. The Morgan fingerprint density at radius 1 is 1.10 bits per heavy atom. The molecular weight excluding hydrogens is 661 g/mol.